The lowest BCUT2D eigenvalue weighted by Crippen LogP contribution is -2.29. The van der Waals surface area contributed by atoms with E-state index in [0.717, 1.165) is 11.1 Å². The molecular weight excluding hydrogens is 274 g/mol. The number of nitrogens with zero attached hydrogens (tertiary/aromatic N) is 1. The third kappa shape index (κ3) is 1.90. The molecule has 4 heteroatoms. The first-order chi connectivity index (χ1) is 9.63. The molecular formula is C16H14ClNO2. The second-order valence-electron chi connectivity index (χ2n) is 4.81. The monoisotopic (exact) mass is 287 g/mol. The Morgan fingerprint density at radius 3 is 2.65 bits per heavy atom. The van der Waals surface area contributed by atoms with E-state index in [0.29, 0.717) is 16.3 Å². The Bertz CT molecular complexity index is 684. The molecule has 2 aromatic rings. The van der Waals surface area contributed by atoms with E-state index in [2.05, 4.69) is 0 Å². The largest absolute Gasteiger partial charge is 0.357 e. The highest BCUT2D eigenvalue weighted by atomic mass is 35.5. The number of amides is 1. The zero-order valence-corrected chi connectivity index (χ0v) is 12.0. The van der Waals surface area contributed by atoms with E-state index in [-0.39, 0.29) is 5.91 Å². The van der Waals surface area contributed by atoms with E-state index >= 15 is 0 Å². The quantitative estimate of drug-likeness (QED) is 0.837. The zero-order valence-electron chi connectivity index (χ0n) is 11.3. The Hall–Kier alpha value is -1.84. The topological polar surface area (TPSA) is 29.5 Å². The van der Waals surface area contributed by atoms with Gasteiger partial charge >= 0.3 is 0 Å². The van der Waals surface area contributed by atoms with Crippen molar-refractivity contribution in [3.05, 3.63) is 64.2 Å². The number of rotatable bonds is 2. The van der Waals surface area contributed by atoms with Gasteiger partial charge in [-0.2, -0.15) is 0 Å². The Morgan fingerprint density at radius 1 is 1.20 bits per heavy atom. The Morgan fingerprint density at radius 2 is 1.95 bits per heavy atom. The van der Waals surface area contributed by atoms with Crippen molar-refractivity contribution in [1.82, 2.24) is 0 Å². The van der Waals surface area contributed by atoms with E-state index in [9.17, 15) is 4.79 Å². The van der Waals surface area contributed by atoms with E-state index in [4.69, 9.17) is 16.3 Å². The SMILES string of the molecule is COC1c2ccccc2C(=O)N1c1ccc(C)cc1Cl. The summed E-state index contributed by atoms with van der Waals surface area (Å²) in [4.78, 5) is 14.2. The highest BCUT2D eigenvalue weighted by molar-refractivity contribution is 6.34. The number of hydrogen-bond acceptors (Lipinski definition) is 2. The molecule has 2 aromatic carbocycles. The fourth-order valence-electron chi connectivity index (χ4n) is 2.56. The minimum Gasteiger partial charge on any atom is -0.357 e. The molecule has 0 N–H and O–H groups in total. The molecule has 102 valence electrons. The van der Waals surface area contributed by atoms with Crippen molar-refractivity contribution in [2.75, 3.05) is 12.0 Å². The van der Waals surface area contributed by atoms with Crippen LogP contribution >= 0.6 is 11.6 Å². The molecule has 1 heterocycles. The Balaban J connectivity index is 2.13. The molecule has 0 bridgehead atoms. The summed E-state index contributed by atoms with van der Waals surface area (Å²) >= 11 is 6.29. The maximum Gasteiger partial charge on any atom is 0.261 e. The molecule has 0 spiro atoms. The molecule has 0 radical (unpaired) electrons. The number of hydrogen-bond donors (Lipinski definition) is 0. The molecule has 1 aliphatic heterocycles. The molecule has 20 heavy (non-hydrogen) atoms. The molecule has 0 saturated carbocycles. The molecule has 3 nitrogen and oxygen atoms in total. The highest BCUT2D eigenvalue weighted by Crippen LogP contribution is 2.40. The van der Waals surface area contributed by atoms with Gasteiger partial charge in [-0.3, -0.25) is 9.69 Å². The van der Waals surface area contributed by atoms with Gasteiger partial charge in [0.25, 0.3) is 5.91 Å². The molecule has 0 fully saturated rings. The summed E-state index contributed by atoms with van der Waals surface area (Å²) in [7, 11) is 1.59. The molecule has 0 aliphatic carbocycles. The van der Waals surface area contributed by atoms with E-state index in [1.54, 1.807) is 12.0 Å². The summed E-state index contributed by atoms with van der Waals surface area (Å²) in [6.07, 6.45) is -0.432. The van der Waals surface area contributed by atoms with Crippen molar-refractivity contribution in [2.24, 2.45) is 0 Å². The molecule has 1 unspecified atom stereocenters. The minimum atomic E-state index is -0.432. The van der Waals surface area contributed by atoms with Crippen molar-refractivity contribution in [1.29, 1.82) is 0 Å². The lowest BCUT2D eigenvalue weighted by molar-refractivity contribution is 0.0823. The van der Waals surface area contributed by atoms with Gasteiger partial charge in [-0.15, -0.1) is 0 Å². The molecule has 1 atom stereocenters. The number of fused-ring (bicyclic) bond motifs is 1. The Labute approximate surface area is 122 Å². The molecule has 0 aromatic heterocycles. The van der Waals surface area contributed by atoms with E-state index in [1.807, 2.05) is 49.4 Å². The van der Waals surface area contributed by atoms with Crippen LogP contribution in [0.15, 0.2) is 42.5 Å². The number of methoxy groups -OCH3 is 1. The van der Waals surface area contributed by atoms with Crippen LogP contribution in [0.2, 0.25) is 5.02 Å². The molecule has 0 saturated heterocycles. The second kappa shape index (κ2) is 4.93. The van der Waals surface area contributed by atoms with Crippen LogP contribution < -0.4 is 4.90 Å². The van der Waals surface area contributed by atoms with Gasteiger partial charge < -0.3 is 4.74 Å². The summed E-state index contributed by atoms with van der Waals surface area (Å²) in [6, 6.07) is 13.1. The van der Waals surface area contributed by atoms with Gasteiger partial charge in [-0.25, -0.2) is 0 Å². The molecule has 1 aliphatic rings. The maximum absolute atomic E-state index is 12.6. The van der Waals surface area contributed by atoms with Crippen LogP contribution in [0.5, 0.6) is 0 Å². The van der Waals surface area contributed by atoms with Crippen molar-refractivity contribution in [2.45, 2.75) is 13.2 Å². The van der Waals surface area contributed by atoms with Gasteiger partial charge in [0, 0.05) is 18.2 Å². The fourth-order valence-corrected chi connectivity index (χ4v) is 2.88. The standard InChI is InChI=1S/C16H14ClNO2/c1-10-7-8-14(13(17)9-10)18-15(19)11-5-3-4-6-12(11)16(18)20-2/h3-9,16H,1-2H3. The predicted molar refractivity (Wildman–Crippen MR) is 79.2 cm³/mol. The highest BCUT2D eigenvalue weighted by Gasteiger charge is 2.38. The van der Waals surface area contributed by atoms with Crippen molar-refractivity contribution < 1.29 is 9.53 Å². The number of ether oxygens (including phenoxy) is 1. The average molecular weight is 288 g/mol. The molecule has 1 amide bonds. The van der Waals surface area contributed by atoms with E-state index in [1.165, 1.54) is 0 Å². The number of aryl methyl sites for hydroxylation is 1. The number of carbonyl (C=O) groups is 1. The third-order valence-corrected chi connectivity index (χ3v) is 3.80. The first-order valence-corrected chi connectivity index (χ1v) is 6.72. The summed E-state index contributed by atoms with van der Waals surface area (Å²) in [5.41, 5.74) is 3.26. The third-order valence-electron chi connectivity index (χ3n) is 3.50. The number of anilines is 1. The average Bonchev–Trinajstić information content (AvgIpc) is 2.72. The van der Waals surface area contributed by atoms with Crippen LogP contribution in [-0.2, 0) is 4.74 Å². The molecule has 3 rings (SSSR count). The van der Waals surface area contributed by atoms with Gasteiger partial charge in [0.05, 0.1) is 10.7 Å². The van der Waals surface area contributed by atoms with Gasteiger partial charge in [-0.05, 0) is 30.7 Å². The summed E-state index contributed by atoms with van der Waals surface area (Å²) in [5, 5.41) is 0.549. The van der Waals surface area contributed by atoms with Crippen LogP contribution in [0, 0.1) is 6.92 Å². The van der Waals surface area contributed by atoms with Crippen LogP contribution in [0.3, 0.4) is 0 Å². The lowest BCUT2D eigenvalue weighted by Gasteiger charge is -2.25. The smallest absolute Gasteiger partial charge is 0.261 e. The summed E-state index contributed by atoms with van der Waals surface area (Å²) < 4.78 is 5.51. The lowest BCUT2D eigenvalue weighted by atomic mass is 10.1. The van der Waals surface area contributed by atoms with Crippen LogP contribution in [-0.4, -0.2) is 13.0 Å². The first-order valence-electron chi connectivity index (χ1n) is 6.35. The zero-order chi connectivity index (χ0) is 14.3. The second-order valence-corrected chi connectivity index (χ2v) is 5.21. The van der Waals surface area contributed by atoms with Crippen molar-refractivity contribution in [3.63, 3.8) is 0 Å². The number of carbonyl (C=O) groups excluding carboxylic acids is 1. The summed E-state index contributed by atoms with van der Waals surface area (Å²) in [6.45, 7) is 1.96. The van der Waals surface area contributed by atoms with Gasteiger partial charge in [0.1, 0.15) is 0 Å². The maximum atomic E-state index is 12.6. The fraction of sp³-hybridized carbons (Fsp3) is 0.188. The van der Waals surface area contributed by atoms with Crippen LogP contribution in [0.4, 0.5) is 5.69 Å². The summed E-state index contributed by atoms with van der Waals surface area (Å²) in [5.74, 6) is -0.0850. The van der Waals surface area contributed by atoms with Crippen molar-refractivity contribution in [3.8, 4) is 0 Å². The normalized spacial score (nSPS) is 17.4. The van der Waals surface area contributed by atoms with Gasteiger partial charge in [0.2, 0.25) is 0 Å². The van der Waals surface area contributed by atoms with Gasteiger partial charge in [0.15, 0.2) is 6.23 Å². The van der Waals surface area contributed by atoms with Crippen LogP contribution in [0.25, 0.3) is 0 Å². The van der Waals surface area contributed by atoms with Gasteiger partial charge in [-0.1, -0.05) is 35.9 Å². The van der Waals surface area contributed by atoms with E-state index < -0.39 is 6.23 Å². The predicted octanol–water partition coefficient (Wildman–Crippen LogP) is 3.95. The first kappa shape index (κ1) is 13.2. The minimum absolute atomic E-state index is 0.0850. The number of halogens is 1. The number of benzene rings is 2. The Kier molecular flexibility index (Phi) is 3.24. The van der Waals surface area contributed by atoms with Crippen LogP contribution in [0.1, 0.15) is 27.7 Å². The van der Waals surface area contributed by atoms with Crippen molar-refractivity contribution >= 4 is 23.2 Å².